The lowest BCUT2D eigenvalue weighted by Crippen LogP contribution is -2.13. The van der Waals surface area contributed by atoms with E-state index in [1.807, 2.05) is 6.92 Å². The third kappa shape index (κ3) is 5.63. The van der Waals surface area contributed by atoms with Crippen LogP contribution in [0.25, 0.3) is 0 Å². The fraction of sp³-hybridized carbons (Fsp3) is 0.500. The first-order valence-electron chi connectivity index (χ1n) is 6.79. The van der Waals surface area contributed by atoms with Gasteiger partial charge in [0.05, 0.1) is 30.2 Å². The van der Waals surface area contributed by atoms with Crippen LogP contribution in [0.4, 0.5) is 5.69 Å². The fourth-order valence-electron chi connectivity index (χ4n) is 1.63. The highest BCUT2D eigenvalue weighted by Gasteiger charge is 2.11. The SMILES string of the molecule is CCOc1ccc(C(=O)OCCCS(=O)(=O)CC)cc1N. The van der Waals surface area contributed by atoms with E-state index in [2.05, 4.69) is 0 Å². The number of ether oxygens (including phenoxy) is 2. The summed E-state index contributed by atoms with van der Waals surface area (Å²) in [7, 11) is -3.03. The van der Waals surface area contributed by atoms with Gasteiger partial charge in [-0.1, -0.05) is 6.92 Å². The predicted octanol–water partition coefficient (Wildman–Crippen LogP) is 1.65. The first kappa shape index (κ1) is 17.3. The first-order valence-corrected chi connectivity index (χ1v) is 8.61. The minimum absolute atomic E-state index is 0.0161. The van der Waals surface area contributed by atoms with Gasteiger partial charge in [0.2, 0.25) is 0 Å². The van der Waals surface area contributed by atoms with Crippen molar-refractivity contribution in [2.45, 2.75) is 20.3 Å². The third-order valence-electron chi connectivity index (χ3n) is 2.82. The normalized spacial score (nSPS) is 11.1. The lowest BCUT2D eigenvalue weighted by molar-refractivity contribution is 0.0505. The molecule has 0 amide bonds. The fourth-order valence-corrected chi connectivity index (χ4v) is 2.48. The molecule has 6 nitrogen and oxygen atoms in total. The summed E-state index contributed by atoms with van der Waals surface area (Å²) in [6.45, 7) is 3.97. The number of esters is 1. The summed E-state index contributed by atoms with van der Waals surface area (Å²) in [4.78, 5) is 11.8. The number of sulfone groups is 1. The number of nitrogens with two attached hydrogens (primary N) is 1. The summed E-state index contributed by atoms with van der Waals surface area (Å²) >= 11 is 0. The molecule has 0 saturated carbocycles. The number of carbonyl (C=O) groups is 1. The van der Waals surface area contributed by atoms with E-state index in [4.69, 9.17) is 15.2 Å². The van der Waals surface area contributed by atoms with Crippen LogP contribution in [-0.2, 0) is 14.6 Å². The molecule has 0 aromatic heterocycles. The van der Waals surface area contributed by atoms with Crippen molar-refractivity contribution in [3.8, 4) is 5.75 Å². The second kappa shape index (κ2) is 7.87. The van der Waals surface area contributed by atoms with Crippen LogP contribution in [0.15, 0.2) is 18.2 Å². The van der Waals surface area contributed by atoms with Gasteiger partial charge in [0.25, 0.3) is 0 Å². The zero-order valence-corrected chi connectivity index (χ0v) is 13.1. The van der Waals surface area contributed by atoms with Crippen molar-refractivity contribution in [3.63, 3.8) is 0 Å². The van der Waals surface area contributed by atoms with Crippen LogP contribution in [0, 0.1) is 0 Å². The second-order valence-electron chi connectivity index (χ2n) is 4.41. The van der Waals surface area contributed by atoms with E-state index in [1.54, 1.807) is 19.1 Å². The molecule has 21 heavy (non-hydrogen) atoms. The average molecular weight is 315 g/mol. The number of hydrogen-bond donors (Lipinski definition) is 1. The number of hydrogen-bond acceptors (Lipinski definition) is 6. The van der Waals surface area contributed by atoms with Crippen LogP contribution >= 0.6 is 0 Å². The maximum atomic E-state index is 11.8. The first-order chi connectivity index (χ1) is 9.89. The minimum Gasteiger partial charge on any atom is -0.492 e. The van der Waals surface area contributed by atoms with E-state index in [9.17, 15) is 13.2 Å². The highest BCUT2D eigenvalue weighted by atomic mass is 32.2. The summed E-state index contributed by atoms with van der Waals surface area (Å²) in [5, 5.41) is 0. The quantitative estimate of drug-likeness (QED) is 0.445. The molecule has 0 aliphatic carbocycles. The maximum absolute atomic E-state index is 11.8. The van der Waals surface area contributed by atoms with Crippen molar-refractivity contribution in [1.29, 1.82) is 0 Å². The topological polar surface area (TPSA) is 95.7 Å². The molecule has 0 heterocycles. The van der Waals surface area contributed by atoms with Gasteiger partial charge in [0.1, 0.15) is 15.6 Å². The zero-order chi connectivity index (χ0) is 15.9. The van der Waals surface area contributed by atoms with Crippen molar-refractivity contribution in [3.05, 3.63) is 23.8 Å². The van der Waals surface area contributed by atoms with Gasteiger partial charge >= 0.3 is 5.97 Å². The monoisotopic (exact) mass is 315 g/mol. The number of anilines is 1. The molecule has 7 heteroatoms. The Labute approximate surface area is 125 Å². The summed E-state index contributed by atoms with van der Waals surface area (Å²) < 4.78 is 32.9. The number of carbonyl (C=O) groups excluding carboxylic acids is 1. The van der Waals surface area contributed by atoms with E-state index >= 15 is 0 Å². The van der Waals surface area contributed by atoms with Crippen LogP contribution in [0.2, 0.25) is 0 Å². The van der Waals surface area contributed by atoms with Gasteiger partial charge in [-0.2, -0.15) is 0 Å². The smallest absolute Gasteiger partial charge is 0.338 e. The van der Waals surface area contributed by atoms with Crippen molar-refractivity contribution in [2.75, 3.05) is 30.5 Å². The Morgan fingerprint density at radius 1 is 1.29 bits per heavy atom. The summed E-state index contributed by atoms with van der Waals surface area (Å²) in [5.41, 5.74) is 6.44. The van der Waals surface area contributed by atoms with Gasteiger partial charge in [-0.3, -0.25) is 0 Å². The Balaban J connectivity index is 2.51. The molecule has 0 atom stereocenters. The van der Waals surface area contributed by atoms with Crippen molar-refractivity contribution >= 4 is 21.5 Å². The minimum atomic E-state index is -3.03. The van der Waals surface area contributed by atoms with Crippen molar-refractivity contribution in [2.24, 2.45) is 0 Å². The van der Waals surface area contributed by atoms with Crippen LogP contribution in [0.1, 0.15) is 30.6 Å². The lowest BCUT2D eigenvalue weighted by Gasteiger charge is -2.09. The Morgan fingerprint density at radius 2 is 2.00 bits per heavy atom. The molecule has 0 aliphatic rings. The number of nitrogen functional groups attached to an aromatic ring is 1. The van der Waals surface area contributed by atoms with Gasteiger partial charge in [-0.05, 0) is 31.5 Å². The van der Waals surface area contributed by atoms with Crippen LogP contribution in [0.5, 0.6) is 5.75 Å². The van der Waals surface area contributed by atoms with Crippen molar-refractivity contribution < 1.29 is 22.7 Å². The molecule has 0 spiro atoms. The largest absolute Gasteiger partial charge is 0.492 e. The third-order valence-corrected chi connectivity index (χ3v) is 4.61. The Bertz CT molecular complexity index is 583. The Morgan fingerprint density at radius 3 is 2.57 bits per heavy atom. The van der Waals surface area contributed by atoms with Crippen molar-refractivity contribution in [1.82, 2.24) is 0 Å². The molecule has 0 radical (unpaired) electrons. The van der Waals surface area contributed by atoms with Crippen LogP contribution < -0.4 is 10.5 Å². The molecule has 0 saturated heterocycles. The van der Waals surface area contributed by atoms with E-state index < -0.39 is 15.8 Å². The lowest BCUT2D eigenvalue weighted by atomic mass is 10.2. The molecule has 1 rings (SSSR count). The highest BCUT2D eigenvalue weighted by molar-refractivity contribution is 7.91. The molecule has 1 aromatic rings. The number of rotatable bonds is 8. The summed E-state index contributed by atoms with van der Waals surface area (Å²) in [5.74, 6) is 0.0974. The van der Waals surface area contributed by atoms with Gasteiger partial charge in [-0.25, -0.2) is 13.2 Å². The van der Waals surface area contributed by atoms with Gasteiger partial charge in [0.15, 0.2) is 0 Å². The average Bonchev–Trinajstić information content (AvgIpc) is 2.45. The molecule has 118 valence electrons. The summed E-state index contributed by atoms with van der Waals surface area (Å²) in [6.07, 6.45) is 0.286. The molecule has 0 bridgehead atoms. The molecule has 2 N–H and O–H groups in total. The Kier molecular flexibility index (Phi) is 6.48. The molecular formula is C14H21NO5S. The second-order valence-corrected chi connectivity index (χ2v) is 6.88. The van der Waals surface area contributed by atoms with Gasteiger partial charge in [-0.15, -0.1) is 0 Å². The molecule has 0 fully saturated rings. The molecule has 0 unspecified atom stereocenters. The zero-order valence-electron chi connectivity index (χ0n) is 12.3. The van der Waals surface area contributed by atoms with E-state index in [0.717, 1.165) is 0 Å². The van der Waals surface area contributed by atoms with E-state index in [-0.39, 0.29) is 24.5 Å². The van der Waals surface area contributed by atoms with Gasteiger partial charge < -0.3 is 15.2 Å². The number of benzene rings is 1. The van der Waals surface area contributed by atoms with Gasteiger partial charge in [0, 0.05) is 5.75 Å². The standard InChI is InChI=1S/C14H21NO5S/c1-3-19-13-7-6-11(10-12(13)15)14(16)20-8-5-9-21(17,18)4-2/h6-7,10H,3-5,8-9,15H2,1-2H3. The molecule has 0 aliphatic heterocycles. The maximum Gasteiger partial charge on any atom is 0.338 e. The highest BCUT2D eigenvalue weighted by Crippen LogP contribution is 2.22. The summed E-state index contributed by atoms with van der Waals surface area (Å²) in [6, 6.07) is 4.65. The van der Waals surface area contributed by atoms with Crippen LogP contribution in [0.3, 0.4) is 0 Å². The van der Waals surface area contributed by atoms with E-state index in [0.29, 0.717) is 23.6 Å². The molecule has 1 aromatic carbocycles. The van der Waals surface area contributed by atoms with Crippen LogP contribution in [-0.4, -0.2) is 39.1 Å². The predicted molar refractivity (Wildman–Crippen MR) is 81.3 cm³/mol. The Hall–Kier alpha value is -1.76. The van der Waals surface area contributed by atoms with E-state index in [1.165, 1.54) is 6.07 Å². The molecular weight excluding hydrogens is 294 g/mol.